The first kappa shape index (κ1) is 13.6. The van der Waals surface area contributed by atoms with E-state index in [-0.39, 0.29) is 6.61 Å². The minimum Gasteiger partial charge on any atom is -0.496 e. The summed E-state index contributed by atoms with van der Waals surface area (Å²) in [5.74, 6) is 0.867. The Morgan fingerprint density at radius 1 is 1.05 bits per heavy atom. The first-order valence-electron chi connectivity index (χ1n) is 6.39. The van der Waals surface area contributed by atoms with E-state index in [0.717, 1.165) is 16.9 Å². The summed E-state index contributed by atoms with van der Waals surface area (Å²) in [4.78, 5) is 0. The summed E-state index contributed by atoms with van der Waals surface area (Å²) in [5.41, 5.74) is 3.41. The lowest BCUT2D eigenvalue weighted by Gasteiger charge is -2.11. The van der Waals surface area contributed by atoms with Gasteiger partial charge in [-0.15, -0.1) is 0 Å². The van der Waals surface area contributed by atoms with Crippen LogP contribution in [0, 0.1) is 0 Å². The Hall–Kier alpha value is -1.84. The second-order valence-corrected chi connectivity index (χ2v) is 4.29. The minimum atomic E-state index is 0.143. The number of aliphatic hydroxyl groups excluding tert-OH is 1. The molecule has 0 aromatic heterocycles. The van der Waals surface area contributed by atoms with Crippen molar-refractivity contribution in [2.45, 2.75) is 6.54 Å². The molecule has 3 heteroatoms. The first-order chi connectivity index (χ1) is 9.35. The monoisotopic (exact) mass is 257 g/mol. The lowest BCUT2D eigenvalue weighted by Crippen LogP contribution is -2.17. The Labute approximate surface area is 113 Å². The Morgan fingerprint density at radius 2 is 1.84 bits per heavy atom. The smallest absolute Gasteiger partial charge is 0.123 e. The van der Waals surface area contributed by atoms with Crippen molar-refractivity contribution < 1.29 is 9.84 Å². The summed E-state index contributed by atoms with van der Waals surface area (Å²) in [7, 11) is 1.68. The largest absolute Gasteiger partial charge is 0.496 e. The van der Waals surface area contributed by atoms with Gasteiger partial charge in [-0.05, 0) is 17.2 Å². The van der Waals surface area contributed by atoms with E-state index in [0.29, 0.717) is 13.1 Å². The van der Waals surface area contributed by atoms with E-state index in [1.54, 1.807) is 7.11 Å². The third-order valence-electron chi connectivity index (χ3n) is 3.00. The zero-order chi connectivity index (χ0) is 13.5. The van der Waals surface area contributed by atoms with E-state index in [9.17, 15) is 0 Å². The maximum Gasteiger partial charge on any atom is 0.123 e. The molecular weight excluding hydrogens is 238 g/mol. The van der Waals surface area contributed by atoms with Crippen molar-refractivity contribution in [2.24, 2.45) is 0 Å². The van der Waals surface area contributed by atoms with Crippen molar-refractivity contribution in [1.29, 1.82) is 0 Å². The highest BCUT2D eigenvalue weighted by atomic mass is 16.5. The Morgan fingerprint density at radius 3 is 2.53 bits per heavy atom. The van der Waals surface area contributed by atoms with Gasteiger partial charge in [-0.25, -0.2) is 0 Å². The van der Waals surface area contributed by atoms with E-state index >= 15 is 0 Å². The van der Waals surface area contributed by atoms with Gasteiger partial charge in [-0.2, -0.15) is 0 Å². The quantitative estimate of drug-likeness (QED) is 0.781. The van der Waals surface area contributed by atoms with Crippen LogP contribution in [0.1, 0.15) is 5.56 Å². The molecule has 0 unspecified atom stereocenters. The second-order valence-electron chi connectivity index (χ2n) is 4.29. The van der Waals surface area contributed by atoms with Crippen LogP contribution in [0.4, 0.5) is 0 Å². The molecular formula is C16H19NO2. The van der Waals surface area contributed by atoms with Crippen LogP contribution in [0.2, 0.25) is 0 Å². The highest BCUT2D eigenvalue weighted by Gasteiger charge is 2.05. The number of benzene rings is 2. The van der Waals surface area contributed by atoms with E-state index in [2.05, 4.69) is 29.6 Å². The van der Waals surface area contributed by atoms with E-state index in [1.165, 1.54) is 5.56 Å². The van der Waals surface area contributed by atoms with Gasteiger partial charge in [0.05, 0.1) is 13.7 Å². The van der Waals surface area contributed by atoms with Crippen LogP contribution in [0.15, 0.2) is 48.5 Å². The zero-order valence-electron chi connectivity index (χ0n) is 11.1. The third-order valence-corrected chi connectivity index (χ3v) is 3.00. The molecule has 0 amide bonds. The van der Waals surface area contributed by atoms with Crippen molar-refractivity contribution in [3.63, 3.8) is 0 Å². The average molecular weight is 257 g/mol. The van der Waals surface area contributed by atoms with Gasteiger partial charge in [-0.1, -0.05) is 42.5 Å². The third kappa shape index (κ3) is 3.56. The van der Waals surface area contributed by atoms with E-state index in [1.807, 2.05) is 24.3 Å². The highest BCUT2D eigenvalue weighted by molar-refractivity contribution is 5.66. The van der Waals surface area contributed by atoms with E-state index in [4.69, 9.17) is 9.84 Å². The van der Waals surface area contributed by atoms with Crippen LogP contribution in [0.5, 0.6) is 5.75 Å². The molecule has 100 valence electrons. The summed E-state index contributed by atoms with van der Waals surface area (Å²) < 4.78 is 5.44. The normalized spacial score (nSPS) is 10.4. The Balaban J connectivity index is 2.21. The zero-order valence-corrected chi connectivity index (χ0v) is 11.1. The maximum absolute atomic E-state index is 8.77. The molecule has 2 N–H and O–H groups in total. The second kappa shape index (κ2) is 6.92. The number of methoxy groups -OCH3 is 1. The van der Waals surface area contributed by atoms with Crippen LogP contribution >= 0.6 is 0 Å². The van der Waals surface area contributed by atoms with Gasteiger partial charge in [0.15, 0.2) is 0 Å². The summed E-state index contributed by atoms with van der Waals surface area (Å²) in [6, 6.07) is 16.4. The van der Waals surface area contributed by atoms with Gasteiger partial charge in [0.2, 0.25) is 0 Å². The molecule has 0 saturated heterocycles. The van der Waals surface area contributed by atoms with Crippen molar-refractivity contribution in [1.82, 2.24) is 5.32 Å². The Bertz CT molecular complexity index is 511. The maximum atomic E-state index is 8.77. The predicted molar refractivity (Wildman–Crippen MR) is 77.2 cm³/mol. The van der Waals surface area contributed by atoms with Crippen LogP contribution in [0.25, 0.3) is 11.1 Å². The van der Waals surface area contributed by atoms with Crippen molar-refractivity contribution >= 4 is 0 Å². The van der Waals surface area contributed by atoms with Crippen molar-refractivity contribution in [3.05, 3.63) is 54.1 Å². The molecule has 2 aromatic carbocycles. The SMILES string of the molecule is COc1cc(-c2ccccc2)ccc1CNCCO. The molecule has 0 bridgehead atoms. The highest BCUT2D eigenvalue weighted by Crippen LogP contribution is 2.27. The van der Waals surface area contributed by atoms with Crippen LogP contribution in [0.3, 0.4) is 0 Å². The standard InChI is InChI=1S/C16H19NO2/c1-19-16-11-14(13-5-3-2-4-6-13)7-8-15(16)12-17-9-10-18/h2-8,11,17-18H,9-10,12H2,1H3. The van der Waals surface area contributed by atoms with Gasteiger partial charge < -0.3 is 15.2 Å². The molecule has 0 radical (unpaired) electrons. The fourth-order valence-electron chi connectivity index (χ4n) is 2.00. The first-order valence-corrected chi connectivity index (χ1v) is 6.39. The minimum absolute atomic E-state index is 0.143. The average Bonchev–Trinajstić information content (AvgIpc) is 2.48. The molecule has 0 spiro atoms. The summed E-state index contributed by atoms with van der Waals surface area (Å²) in [6.07, 6.45) is 0. The fourth-order valence-corrected chi connectivity index (χ4v) is 2.00. The van der Waals surface area contributed by atoms with Crippen LogP contribution in [-0.2, 0) is 6.54 Å². The van der Waals surface area contributed by atoms with Gasteiger partial charge in [-0.3, -0.25) is 0 Å². The molecule has 0 aliphatic carbocycles. The van der Waals surface area contributed by atoms with Gasteiger partial charge >= 0.3 is 0 Å². The molecule has 3 nitrogen and oxygen atoms in total. The lowest BCUT2D eigenvalue weighted by atomic mass is 10.0. The summed E-state index contributed by atoms with van der Waals surface area (Å²) in [6.45, 7) is 1.42. The number of hydrogen-bond acceptors (Lipinski definition) is 3. The molecule has 0 atom stereocenters. The molecule has 0 aliphatic heterocycles. The number of aliphatic hydroxyl groups is 1. The summed E-state index contributed by atoms with van der Waals surface area (Å²) in [5, 5.41) is 11.9. The molecule has 0 fully saturated rings. The number of rotatable bonds is 6. The molecule has 0 aliphatic rings. The van der Waals surface area contributed by atoms with Gasteiger partial charge in [0.1, 0.15) is 5.75 Å². The van der Waals surface area contributed by atoms with Gasteiger partial charge in [0, 0.05) is 18.7 Å². The topological polar surface area (TPSA) is 41.5 Å². The van der Waals surface area contributed by atoms with Crippen molar-refractivity contribution in [2.75, 3.05) is 20.3 Å². The van der Waals surface area contributed by atoms with Crippen molar-refractivity contribution in [3.8, 4) is 16.9 Å². The fraction of sp³-hybridized carbons (Fsp3) is 0.250. The molecule has 0 saturated carbocycles. The molecule has 19 heavy (non-hydrogen) atoms. The van der Waals surface area contributed by atoms with E-state index < -0.39 is 0 Å². The van der Waals surface area contributed by atoms with Gasteiger partial charge in [0.25, 0.3) is 0 Å². The lowest BCUT2D eigenvalue weighted by molar-refractivity contribution is 0.291. The molecule has 2 rings (SSSR count). The number of nitrogens with one attached hydrogen (secondary N) is 1. The Kier molecular flexibility index (Phi) is 4.95. The number of hydrogen-bond donors (Lipinski definition) is 2. The molecule has 0 heterocycles. The summed E-state index contributed by atoms with van der Waals surface area (Å²) >= 11 is 0. The predicted octanol–water partition coefficient (Wildman–Crippen LogP) is 2.44. The molecule has 2 aromatic rings. The number of ether oxygens (including phenoxy) is 1. The van der Waals surface area contributed by atoms with Crippen LogP contribution in [-0.4, -0.2) is 25.4 Å². The van der Waals surface area contributed by atoms with Crippen LogP contribution < -0.4 is 10.1 Å².